The average molecular weight is 2020 g/mol. The van der Waals surface area contributed by atoms with E-state index in [0.29, 0.717) is 120 Å². The van der Waals surface area contributed by atoms with Gasteiger partial charge in [-0.05, 0) is 160 Å². The van der Waals surface area contributed by atoms with E-state index in [4.69, 9.17) is 22.8 Å². The largest absolute Gasteiger partial charge is 0.504 e. The van der Waals surface area contributed by atoms with E-state index in [2.05, 4.69) is 34.9 Å². The van der Waals surface area contributed by atoms with Crippen LogP contribution in [0.15, 0.2) is 230 Å². The molecule has 1 atom stereocenters. The first-order valence-electron chi connectivity index (χ1n) is 48.5. The summed E-state index contributed by atoms with van der Waals surface area (Å²) in [7, 11) is 0. The quantitative estimate of drug-likeness (QED) is 0.0134. The highest BCUT2D eigenvalue weighted by Gasteiger charge is 2.41. The minimum atomic E-state index is -1.47. The Morgan fingerprint density at radius 3 is 1.14 bits per heavy atom. The van der Waals surface area contributed by atoms with Gasteiger partial charge in [-0.2, -0.15) is 0 Å². The molecule has 33 nitrogen and oxygen atoms in total. The number of furan rings is 4. The fraction of sp³-hybridized carbons (Fsp3) is 0.217. The van der Waals surface area contributed by atoms with Crippen molar-refractivity contribution in [3.8, 4) is 67.5 Å². The van der Waals surface area contributed by atoms with Crippen molar-refractivity contribution in [1.29, 1.82) is 0 Å². The van der Waals surface area contributed by atoms with Crippen molar-refractivity contribution >= 4 is 123 Å². The number of H-pyrrole nitrogens is 7. The molecule has 11 heterocycles. The van der Waals surface area contributed by atoms with Crippen molar-refractivity contribution in [2.45, 2.75) is 129 Å². The topological polar surface area (TPSA) is 583 Å². The minimum absolute atomic E-state index is 0.00419. The summed E-state index contributed by atoms with van der Waals surface area (Å²) in [6.07, 6.45) is 21.3. The highest BCUT2D eigenvalue weighted by Crippen LogP contribution is 2.53. The molecule has 21 rings (SSSR count). The minimum Gasteiger partial charge on any atom is -0.504 e. The molecule has 2 saturated carbocycles. The number of aliphatic hydroxyl groups is 6. The number of aryl methyl sites for hydroxylation is 2. The lowest BCUT2D eigenvalue weighted by Gasteiger charge is -2.22. The maximum atomic E-state index is 14.0. The fourth-order valence-corrected chi connectivity index (χ4v) is 19.9. The second-order valence-electron chi connectivity index (χ2n) is 37.3. The first kappa shape index (κ1) is 102. The van der Waals surface area contributed by atoms with E-state index in [9.17, 15) is 109 Å². The van der Waals surface area contributed by atoms with Gasteiger partial charge in [-0.1, -0.05) is 183 Å². The maximum Gasteiger partial charge on any atom is 0.372 e. The van der Waals surface area contributed by atoms with Crippen molar-refractivity contribution < 1.29 is 132 Å². The number of carboxylic acid groups (broad SMARTS) is 4. The van der Waals surface area contributed by atoms with Crippen molar-refractivity contribution in [3.63, 3.8) is 0 Å². The maximum absolute atomic E-state index is 14.0. The smallest absolute Gasteiger partial charge is 0.372 e. The van der Waals surface area contributed by atoms with E-state index in [-0.39, 0.29) is 105 Å². The monoisotopic (exact) mass is 2020 g/mol. The molecule has 19 aromatic rings. The number of carbonyl (C=O) groups is 8. The Morgan fingerprint density at radius 2 is 0.752 bits per heavy atom. The summed E-state index contributed by atoms with van der Waals surface area (Å²) in [6, 6.07) is 47.5. The van der Waals surface area contributed by atoms with E-state index in [0.717, 1.165) is 76.5 Å². The SMILES string of the molecule is C/C(=C/Cc1cccc2c(C(=O)c3oc(C(=O)O)c(-c4c(C5CC5)[nH]c5cc(F)ccc45)c3O)c[nH]c12)CO.C/C(=C\Cc1cccc2c(C(=O)c3oc(C(=O)O)c(-c4c(CO)[nH]c5ccccc45)c3O)c[nH]c12)CO.CC(CO)CCc1cccc2c(C(=O)c3oc(C(=O)O)c(-c4c(CO)[nH]c5ccccc45)c3O)c[nH]c12.O=C(O)c1oc(C(=O)c2c[nH]c3c(CCCO)cccc23)c(O)c1-c1ccc(C2CCCCC2)cc1. The molecule has 762 valence electrons. The number of rotatable bonds is 33. The zero-order valence-electron chi connectivity index (χ0n) is 80.8. The average Bonchev–Trinajstić information content (AvgIpc) is 1.56. The van der Waals surface area contributed by atoms with Crippen LogP contribution in [-0.2, 0) is 38.9 Å². The van der Waals surface area contributed by atoms with Crippen LogP contribution in [0.4, 0.5) is 4.39 Å². The van der Waals surface area contributed by atoms with Crippen LogP contribution in [0, 0.1) is 11.7 Å². The second-order valence-corrected chi connectivity index (χ2v) is 37.3. The Bertz CT molecular complexity index is 8520. The lowest BCUT2D eigenvalue weighted by Crippen LogP contribution is -2.04. The molecule has 2 aliphatic carbocycles. The number of para-hydroxylation sites is 6. The molecule has 149 heavy (non-hydrogen) atoms. The van der Waals surface area contributed by atoms with E-state index < -0.39 is 135 Å². The Hall–Kier alpha value is -17.4. The van der Waals surface area contributed by atoms with Crippen LogP contribution in [0.2, 0.25) is 0 Å². The van der Waals surface area contributed by atoms with Crippen LogP contribution in [0.25, 0.3) is 121 Å². The molecule has 0 spiro atoms. The summed E-state index contributed by atoms with van der Waals surface area (Å²) >= 11 is 0. The molecule has 0 radical (unpaired) electrons. The molecular formula is C115H104FN7O26. The fourth-order valence-electron chi connectivity index (χ4n) is 19.9. The molecule has 21 N–H and O–H groups in total. The Kier molecular flexibility index (Phi) is 29.4. The summed E-state index contributed by atoms with van der Waals surface area (Å²) in [5.74, 6) is -14.5. The van der Waals surface area contributed by atoms with Crippen LogP contribution >= 0.6 is 0 Å². The first-order chi connectivity index (χ1) is 72.0. The number of carbonyl (C=O) groups excluding carboxylic acids is 4. The van der Waals surface area contributed by atoms with E-state index in [1.165, 1.54) is 67.8 Å². The van der Waals surface area contributed by atoms with Gasteiger partial charge >= 0.3 is 23.9 Å². The van der Waals surface area contributed by atoms with Gasteiger partial charge in [-0.25, -0.2) is 23.6 Å². The third-order valence-corrected chi connectivity index (χ3v) is 27.7. The Balaban J connectivity index is 0.000000130. The number of fused-ring (bicyclic) bond motifs is 7. The standard InChI is InChI=1S/C30H25FN2O6.C29H29NO6.C28H26N2O7.C28H24N2O7/c1-14(13-34)5-6-15-3-2-4-18-20(12-32-24(15)18)26(35)29-27(36)23(28(39-29)30(37)38)22-19-10-9-17(31)11-21(19)33-25(22)16-7-8-16;31-15-5-9-20-8-4-10-21-22(16-30-24(20)21)25(32)28-26(33)23(27(36-28)29(34)35)19-13-11-18(12-14-19)17-6-2-1-3-7-17;2*1-14(12-31)9-10-15-5-4-7-16-18(11-29-23(15)16)24(33)27-25(34)22(26(37-27)28(35)36)21-17-6-2-3-8-19(17)30-20(21)13-32/h2-5,9-12,16,32-34,36H,6-8,13H2,1H3,(H,37,38);4,8,10-14,16-17,30-31,33H,1-3,5-7,9,15H2,(H,34,35);2-8,11,14,29-32,34H,9-10,12-13H2,1H3,(H,35,36);2-9,11,29-32,34H,10,12-13H2,1H3,(H,35,36)/b14-5-;;;14-9+. The van der Waals surface area contributed by atoms with Gasteiger partial charge in [0.15, 0.2) is 23.0 Å². The molecule has 0 amide bonds. The third-order valence-electron chi connectivity index (χ3n) is 27.7. The molecule has 0 bridgehead atoms. The molecule has 2 fully saturated rings. The lowest BCUT2D eigenvalue weighted by molar-refractivity contribution is 0.0650. The molecule has 8 aromatic carbocycles. The Labute approximate surface area is 845 Å². The van der Waals surface area contributed by atoms with Gasteiger partial charge in [0.25, 0.3) is 0 Å². The zero-order chi connectivity index (χ0) is 105. The number of carboxylic acids is 4. The van der Waals surface area contributed by atoms with Crippen LogP contribution in [-0.4, -0.2) is 180 Å². The normalized spacial score (nSPS) is 13.2. The number of hydrogen-bond acceptors (Lipinski definition) is 22. The van der Waals surface area contributed by atoms with Crippen LogP contribution in [0.3, 0.4) is 0 Å². The number of nitrogens with one attached hydrogen (secondary N) is 7. The molecule has 0 saturated heterocycles. The van der Waals surface area contributed by atoms with Gasteiger partial charge < -0.3 is 124 Å². The Morgan fingerprint density at radius 1 is 0.383 bits per heavy atom. The number of ketones is 4. The number of aromatic hydroxyl groups is 4. The summed E-state index contributed by atoms with van der Waals surface area (Å²) < 4.78 is 36.0. The predicted octanol–water partition coefficient (Wildman–Crippen LogP) is 21.2. The molecule has 0 aliphatic heterocycles. The highest BCUT2D eigenvalue weighted by atomic mass is 19.1. The molecule has 34 heteroatoms. The van der Waals surface area contributed by atoms with Gasteiger partial charge in [-0.15, -0.1) is 0 Å². The van der Waals surface area contributed by atoms with E-state index in [1.54, 1.807) is 97.1 Å². The summed E-state index contributed by atoms with van der Waals surface area (Å²) in [5.41, 5.74) is 14.3. The van der Waals surface area contributed by atoms with E-state index in [1.807, 2.05) is 81.5 Å². The van der Waals surface area contributed by atoms with Crippen LogP contribution in [0.5, 0.6) is 23.0 Å². The highest BCUT2D eigenvalue weighted by molar-refractivity contribution is 6.23. The van der Waals surface area contributed by atoms with Crippen LogP contribution < -0.4 is 0 Å². The number of allylic oxidation sites excluding steroid dienone is 2. The number of aromatic nitrogens is 7. The molecule has 2 aliphatic rings. The lowest BCUT2D eigenvalue weighted by atomic mass is 9.83. The number of benzene rings is 8. The van der Waals surface area contributed by atoms with Crippen molar-refractivity contribution in [3.05, 3.63) is 331 Å². The second kappa shape index (κ2) is 43.1. The number of aliphatic hydroxyl groups excluding tert-OH is 6. The van der Waals surface area contributed by atoms with E-state index >= 15 is 0 Å². The predicted molar refractivity (Wildman–Crippen MR) is 552 cm³/mol. The van der Waals surface area contributed by atoms with Crippen molar-refractivity contribution in [2.24, 2.45) is 5.92 Å². The van der Waals surface area contributed by atoms with Crippen LogP contribution in [0.1, 0.15) is 242 Å². The summed E-state index contributed by atoms with van der Waals surface area (Å²) in [6.45, 7) is 4.74. The molecular weight excluding hydrogens is 1910 g/mol. The summed E-state index contributed by atoms with van der Waals surface area (Å²) in [5, 5.41) is 145. The molecule has 1 unspecified atom stereocenters. The zero-order valence-corrected chi connectivity index (χ0v) is 80.8. The van der Waals surface area contributed by atoms with Gasteiger partial charge in [-0.3, -0.25) is 19.2 Å². The number of hydrogen-bond donors (Lipinski definition) is 21. The number of halogens is 1. The summed E-state index contributed by atoms with van der Waals surface area (Å²) in [4.78, 5) is 124. The number of aromatic carboxylic acids is 4. The number of aromatic amines is 7. The van der Waals surface area contributed by atoms with Crippen molar-refractivity contribution in [1.82, 2.24) is 34.9 Å². The van der Waals surface area contributed by atoms with Gasteiger partial charge in [0, 0.05) is 148 Å². The van der Waals surface area contributed by atoms with Gasteiger partial charge in [0.1, 0.15) is 5.82 Å². The first-order valence-corrected chi connectivity index (χ1v) is 48.5. The van der Waals surface area contributed by atoms with Gasteiger partial charge in [0.05, 0.1) is 70.9 Å². The molecule has 11 aromatic heterocycles. The van der Waals surface area contributed by atoms with Gasteiger partial charge in [0.2, 0.25) is 69.2 Å². The van der Waals surface area contributed by atoms with Crippen molar-refractivity contribution in [2.75, 3.05) is 26.4 Å². The third kappa shape index (κ3) is 19.6.